The second kappa shape index (κ2) is 7.60. The topological polar surface area (TPSA) is 59.9 Å². The van der Waals surface area contributed by atoms with Crippen LogP contribution in [0.2, 0.25) is 0 Å². The van der Waals surface area contributed by atoms with E-state index in [9.17, 15) is 4.39 Å². The number of rotatable bonds is 5. The Balaban J connectivity index is 1.75. The summed E-state index contributed by atoms with van der Waals surface area (Å²) < 4.78 is 18.8. The van der Waals surface area contributed by atoms with Gasteiger partial charge in [-0.3, -0.25) is 4.98 Å². The van der Waals surface area contributed by atoms with Crippen LogP contribution in [0.15, 0.2) is 61.1 Å². The van der Waals surface area contributed by atoms with Gasteiger partial charge in [-0.15, -0.1) is 0 Å². The van der Waals surface area contributed by atoms with Crippen molar-refractivity contribution < 1.29 is 9.13 Å². The number of aryl methyl sites for hydroxylation is 1. The van der Waals surface area contributed by atoms with Crippen molar-refractivity contribution in [2.45, 2.75) is 13.5 Å². The van der Waals surface area contributed by atoms with Gasteiger partial charge in [0, 0.05) is 23.8 Å². The fourth-order valence-electron chi connectivity index (χ4n) is 3.03. The Hall–Kier alpha value is -3.54. The van der Waals surface area contributed by atoms with E-state index in [-0.39, 0.29) is 5.82 Å². The molecule has 2 aromatic heterocycles. The maximum absolute atomic E-state index is 13.3. The molecule has 1 N–H and O–H groups in total. The summed E-state index contributed by atoms with van der Waals surface area (Å²) in [5.74, 6) is 1.07. The van der Waals surface area contributed by atoms with Crippen LogP contribution in [-0.2, 0) is 6.54 Å². The highest BCUT2D eigenvalue weighted by Gasteiger charge is 2.12. The van der Waals surface area contributed by atoms with Gasteiger partial charge in [0.05, 0.1) is 7.11 Å². The normalized spacial score (nSPS) is 10.8. The van der Waals surface area contributed by atoms with E-state index < -0.39 is 0 Å². The molecule has 0 unspecified atom stereocenters. The van der Waals surface area contributed by atoms with Gasteiger partial charge in [-0.05, 0) is 53.9 Å². The fraction of sp³-hybridized carbons (Fsp3) is 0.136. The minimum Gasteiger partial charge on any atom is -0.494 e. The second-order valence-electron chi connectivity index (χ2n) is 6.47. The monoisotopic (exact) mass is 374 g/mol. The van der Waals surface area contributed by atoms with Crippen molar-refractivity contribution in [1.29, 1.82) is 0 Å². The molecule has 0 saturated carbocycles. The number of nitrogens with zero attached hydrogens (tertiary/aromatic N) is 3. The molecular formula is C22H19FN4O. The van der Waals surface area contributed by atoms with Crippen LogP contribution in [0.1, 0.15) is 11.3 Å². The number of hydrogen-bond acceptors (Lipinski definition) is 5. The number of aromatic nitrogens is 3. The molecule has 0 radical (unpaired) electrons. The maximum Gasteiger partial charge on any atom is 0.145 e. The van der Waals surface area contributed by atoms with Crippen LogP contribution in [0.25, 0.3) is 22.0 Å². The molecule has 0 bridgehead atoms. The predicted molar refractivity (Wildman–Crippen MR) is 108 cm³/mol. The maximum atomic E-state index is 13.3. The van der Waals surface area contributed by atoms with Crippen molar-refractivity contribution in [1.82, 2.24) is 15.0 Å². The highest BCUT2D eigenvalue weighted by atomic mass is 19.1. The van der Waals surface area contributed by atoms with Crippen LogP contribution >= 0.6 is 0 Å². The van der Waals surface area contributed by atoms with Crippen molar-refractivity contribution in [3.8, 4) is 16.9 Å². The Morgan fingerprint density at radius 3 is 2.50 bits per heavy atom. The van der Waals surface area contributed by atoms with Crippen molar-refractivity contribution in [3.05, 3.63) is 78.1 Å². The number of anilines is 1. The smallest absolute Gasteiger partial charge is 0.145 e. The lowest BCUT2D eigenvalue weighted by Crippen LogP contribution is -2.03. The van der Waals surface area contributed by atoms with E-state index in [1.165, 1.54) is 18.5 Å². The molecule has 0 fully saturated rings. The van der Waals surface area contributed by atoms with E-state index in [1.54, 1.807) is 19.2 Å². The van der Waals surface area contributed by atoms with Crippen LogP contribution < -0.4 is 10.1 Å². The molecule has 2 heterocycles. The van der Waals surface area contributed by atoms with Crippen LogP contribution in [0.3, 0.4) is 0 Å². The van der Waals surface area contributed by atoms with Gasteiger partial charge >= 0.3 is 0 Å². The van der Waals surface area contributed by atoms with Crippen molar-refractivity contribution in [2.75, 3.05) is 12.4 Å². The van der Waals surface area contributed by atoms with Gasteiger partial charge in [-0.25, -0.2) is 14.4 Å². The Bertz CT molecular complexity index is 1110. The van der Waals surface area contributed by atoms with E-state index in [0.29, 0.717) is 23.6 Å². The molecule has 0 aliphatic heterocycles. The van der Waals surface area contributed by atoms with Gasteiger partial charge in [-0.2, -0.15) is 0 Å². The van der Waals surface area contributed by atoms with Gasteiger partial charge < -0.3 is 10.1 Å². The number of hydrogen-bond donors (Lipinski definition) is 1. The number of ether oxygens (including phenoxy) is 1. The molecule has 4 aromatic rings. The predicted octanol–water partition coefficient (Wildman–Crippen LogP) is 4.76. The zero-order chi connectivity index (χ0) is 19.5. The number of benzene rings is 2. The average molecular weight is 374 g/mol. The van der Waals surface area contributed by atoms with E-state index in [4.69, 9.17) is 4.74 Å². The second-order valence-corrected chi connectivity index (χ2v) is 6.47. The number of halogens is 1. The number of methoxy groups -OCH3 is 1. The summed E-state index contributed by atoms with van der Waals surface area (Å²) in [5.41, 5.74) is 4.54. The summed E-state index contributed by atoms with van der Waals surface area (Å²) in [6.45, 7) is 2.54. The van der Waals surface area contributed by atoms with Gasteiger partial charge in [0.15, 0.2) is 0 Å². The Kier molecular flexibility index (Phi) is 4.85. The SMILES string of the molecule is COc1cc(-c2ccc(F)cc2)cc2c(NCc3ccc(C)nc3)ncnc12. The highest BCUT2D eigenvalue weighted by Crippen LogP contribution is 2.34. The highest BCUT2D eigenvalue weighted by molar-refractivity contribution is 5.96. The molecule has 0 aliphatic rings. The van der Waals surface area contributed by atoms with E-state index in [2.05, 4.69) is 20.3 Å². The largest absolute Gasteiger partial charge is 0.494 e. The lowest BCUT2D eigenvalue weighted by molar-refractivity contribution is 0.419. The third-order valence-electron chi connectivity index (χ3n) is 4.53. The molecule has 4 rings (SSSR count). The number of fused-ring (bicyclic) bond motifs is 1. The van der Waals surface area contributed by atoms with Crippen LogP contribution in [0.4, 0.5) is 10.2 Å². The molecule has 5 nitrogen and oxygen atoms in total. The van der Waals surface area contributed by atoms with E-state index in [0.717, 1.165) is 27.8 Å². The van der Waals surface area contributed by atoms with Gasteiger partial charge in [0.1, 0.15) is 29.2 Å². The summed E-state index contributed by atoms with van der Waals surface area (Å²) in [5, 5.41) is 4.19. The zero-order valence-corrected chi connectivity index (χ0v) is 15.6. The summed E-state index contributed by atoms with van der Waals surface area (Å²) in [6.07, 6.45) is 3.36. The first-order valence-electron chi connectivity index (χ1n) is 8.88. The van der Waals surface area contributed by atoms with Gasteiger partial charge in [-0.1, -0.05) is 18.2 Å². The molecular weight excluding hydrogens is 355 g/mol. The third-order valence-corrected chi connectivity index (χ3v) is 4.53. The Labute approximate surface area is 162 Å². The summed E-state index contributed by atoms with van der Waals surface area (Å²) in [6, 6.07) is 14.3. The lowest BCUT2D eigenvalue weighted by Gasteiger charge is -2.13. The minimum absolute atomic E-state index is 0.270. The number of nitrogens with one attached hydrogen (secondary N) is 1. The fourth-order valence-corrected chi connectivity index (χ4v) is 3.03. The molecule has 0 atom stereocenters. The Morgan fingerprint density at radius 2 is 1.79 bits per heavy atom. The Morgan fingerprint density at radius 1 is 0.964 bits per heavy atom. The van der Waals surface area contributed by atoms with Crippen molar-refractivity contribution in [2.24, 2.45) is 0 Å². The van der Waals surface area contributed by atoms with Crippen LogP contribution in [0, 0.1) is 12.7 Å². The molecule has 140 valence electrons. The van der Waals surface area contributed by atoms with Gasteiger partial charge in [0.2, 0.25) is 0 Å². The summed E-state index contributed by atoms with van der Waals surface area (Å²) in [4.78, 5) is 13.1. The first-order valence-corrected chi connectivity index (χ1v) is 8.88. The van der Waals surface area contributed by atoms with Crippen LogP contribution in [0.5, 0.6) is 5.75 Å². The quantitative estimate of drug-likeness (QED) is 0.546. The minimum atomic E-state index is -0.270. The van der Waals surface area contributed by atoms with Gasteiger partial charge in [0.25, 0.3) is 0 Å². The first-order chi connectivity index (χ1) is 13.6. The van der Waals surface area contributed by atoms with Crippen LogP contribution in [-0.4, -0.2) is 22.1 Å². The van der Waals surface area contributed by atoms with E-state index in [1.807, 2.05) is 37.4 Å². The molecule has 0 aliphatic carbocycles. The lowest BCUT2D eigenvalue weighted by atomic mass is 10.0. The standard InChI is InChI=1S/C22H19FN4O/c1-14-3-4-15(11-24-14)12-25-22-19-9-17(16-5-7-18(23)8-6-16)10-20(28-2)21(19)26-13-27-22/h3-11,13H,12H2,1-2H3,(H,25,26,27). The summed E-state index contributed by atoms with van der Waals surface area (Å²) in [7, 11) is 1.61. The number of pyridine rings is 1. The zero-order valence-electron chi connectivity index (χ0n) is 15.6. The molecule has 6 heteroatoms. The molecule has 2 aromatic carbocycles. The third kappa shape index (κ3) is 3.62. The first kappa shape index (κ1) is 17.9. The molecule has 28 heavy (non-hydrogen) atoms. The van der Waals surface area contributed by atoms with E-state index >= 15 is 0 Å². The molecule has 0 spiro atoms. The van der Waals surface area contributed by atoms with Crippen molar-refractivity contribution >= 4 is 16.7 Å². The van der Waals surface area contributed by atoms with Crippen molar-refractivity contribution in [3.63, 3.8) is 0 Å². The average Bonchev–Trinajstić information content (AvgIpc) is 2.73. The molecule has 0 amide bonds. The molecule has 0 saturated heterocycles. The summed E-state index contributed by atoms with van der Waals surface area (Å²) >= 11 is 0.